The van der Waals surface area contributed by atoms with Gasteiger partial charge < -0.3 is 15.0 Å². The molecule has 12 nitrogen and oxygen atoms in total. The van der Waals surface area contributed by atoms with E-state index in [9.17, 15) is 32.9 Å². The number of ether oxygens (including phenoxy) is 1. The number of carbonyl (C=O) groups excluding carboxylic acids is 3. The third-order valence-corrected chi connectivity index (χ3v) is 6.74. The van der Waals surface area contributed by atoms with Gasteiger partial charge in [0.1, 0.15) is 18.0 Å². The van der Waals surface area contributed by atoms with E-state index in [0.717, 1.165) is 18.0 Å². The maximum atomic E-state index is 12.8. The summed E-state index contributed by atoms with van der Waals surface area (Å²) in [6, 6.07) is 4.53. The second kappa shape index (κ2) is 8.43. The van der Waals surface area contributed by atoms with Crippen LogP contribution >= 0.6 is 11.8 Å². The van der Waals surface area contributed by atoms with Gasteiger partial charge in [-0.25, -0.2) is 8.98 Å². The van der Waals surface area contributed by atoms with E-state index >= 15 is 0 Å². The lowest BCUT2D eigenvalue weighted by molar-refractivity contribution is -0.384. The maximum absolute atomic E-state index is 12.8. The second-order valence-electron chi connectivity index (χ2n) is 7.13. The zero-order chi connectivity index (χ0) is 23.0. The molecular formula is C17H19N3O9S2. The van der Waals surface area contributed by atoms with Crippen molar-refractivity contribution in [2.45, 2.75) is 30.5 Å². The molecule has 3 atom stereocenters. The van der Waals surface area contributed by atoms with Gasteiger partial charge >= 0.3 is 5.97 Å². The number of non-ortho nitro benzene ring substituents is 1. The van der Waals surface area contributed by atoms with Crippen molar-refractivity contribution in [1.82, 2.24) is 10.2 Å². The maximum Gasteiger partial charge on any atom is 0.343 e. The quantitative estimate of drug-likeness (QED) is 0.184. The number of thioether (sulfide) groups is 1. The normalized spacial score (nSPS) is 25.2. The topological polar surface area (TPSA) is 162 Å². The lowest BCUT2D eigenvalue weighted by Gasteiger charge is -2.53. The first kappa shape index (κ1) is 23.0. The Kier molecular flexibility index (Phi) is 6.25. The molecular weight excluding hydrogens is 454 g/mol. The minimum absolute atomic E-state index is 0.121. The molecule has 1 aromatic carbocycles. The van der Waals surface area contributed by atoms with Crippen LogP contribution in [0.15, 0.2) is 24.3 Å². The van der Waals surface area contributed by atoms with Crippen LogP contribution in [0.2, 0.25) is 0 Å². The predicted molar refractivity (Wildman–Crippen MR) is 107 cm³/mol. The van der Waals surface area contributed by atoms with E-state index in [1.165, 1.54) is 36.1 Å². The molecule has 14 heteroatoms. The molecule has 1 aromatic rings. The van der Waals surface area contributed by atoms with Crippen LogP contribution in [0.25, 0.3) is 0 Å². The van der Waals surface area contributed by atoms with Crippen LogP contribution < -0.4 is 5.32 Å². The van der Waals surface area contributed by atoms with Crippen molar-refractivity contribution in [2.24, 2.45) is 0 Å². The van der Waals surface area contributed by atoms with Crippen molar-refractivity contribution >= 4 is 45.4 Å². The molecule has 3 rings (SSSR count). The first-order valence-electron chi connectivity index (χ1n) is 8.92. The Morgan fingerprint density at radius 3 is 2.55 bits per heavy atom. The average Bonchev–Trinajstić information content (AvgIpc) is 2.69. The fourth-order valence-electron chi connectivity index (χ4n) is 3.26. The van der Waals surface area contributed by atoms with E-state index in [4.69, 9.17) is 8.92 Å². The molecule has 0 aromatic heterocycles. The fourth-order valence-corrected chi connectivity index (χ4v) is 5.54. The smallest absolute Gasteiger partial charge is 0.343 e. The van der Waals surface area contributed by atoms with Crippen LogP contribution in [-0.2, 0) is 40.0 Å². The van der Waals surface area contributed by atoms with Crippen molar-refractivity contribution in [3.05, 3.63) is 39.9 Å². The Morgan fingerprint density at radius 2 is 2.00 bits per heavy atom. The third kappa shape index (κ3) is 4.97. The summed E-state index contributed by atoms with van der Waals surface area (Å²) in [7, 11) is -4.09. The van der Waals surface area contributed by atoms with Crippen LogP contribution in [0.1, 0.15) is 12.5 Å². The van der Waals surface area contributed by atoms with Gasteiger partial charge in [-0.05, 0) is 17.7 Å². The van der Waals surface area contributed by atoms with E-state index in [1.807, 2.05) is 0 Å². The summed E-state index contributed by atoms with van der Waals surface area (Å²) in [4.78, 5) is 47.9. The SMILES string of the molecule is CC(=O)NC1C(=O)N2CC(OS(C)(=O)=O)(C(=O)OCc3ccc([N+](=O)[O-])cc3)CS[C@H]12. The highest BCUT2D eigenvalue weighted by Crippen LogP contribution is 2.41. The number of fused-ring (bicyclic) bond motifs is 1. The summed E-state index contributed by atoms with van der Waals surface area (Å²) < 4.78 is 34.0. The van der Waals surface area contributed by atoms with Crippen molar-refractivity contribution < 1.29 is 36.6 Å². The summed E-state index contributed by atoms with van der Waals surface area (Å²) in [6.45, 7) is 0.643. The molecule has 0 aliphatic carbocycles. The zero-order valence-corrected chi connectivity index (χ0v) is 18.1. The second-order valence-corrected chi connectivity index (χ2v) is 9.81. The monoisotopic (exact) mass is 473 g/mol. The molecule has 0 saturated carbocycles. The van der Waals surface area contributed by atoms with E-state index in [0.29, 0.717) is 5.56 Å². The molecule has 0 spiro atoms. The molecule has 2 fully saturated rings. The number of nitrogens with one attached hydrogen (secondary N) is 1. The van der Waals surface area contributed by atoms with E-state index in [-0.39, 0.29) is 30.5 Å². The number of carbonyl (C=O) groups is 3. The van der Waals surface area contributed by atoms with Gasteiger partial charge in [0.2, 0.25) is 17.4 Å². The highest BCUT2D eigenvalue weighted by Gasteiger charge is 2.59. The highest BCUT2D eigenvalue weighted by molar-refractivity contribution is 8.00. The van der Waals surface area contributed by atoms with Gasteiger partial charge in [-0.3, -0.25) is 19.7 Å². The fraction of sp³-hybridized carbons (Fsp3) is 0.471. The molecule has 2 saturated heterocycles. The average molecular weight is 473 g/mol. The molecule has 2 amide bonds. The molecule has 0 radical (unpaired) electrons. The number of β-lactam (4-membered cyclic amide) rings is 1. The van der Waals surface area contributed by atoms with Gasteiger partial charge in [-0.15, -0.1) is 11.8 Å². The number of benzene rings is 1. The third-order valence-electron chi connectivity index (χ3n) is 4.61. The van der Waals surface area contributed by atoms with Crippen molar-refractivity contribution in [1.29, 1.82) is 0 Å². The van der Waals surface area contributed by atoms with Gasteiger partial charge in [-0.2, -0.15) is 8.42 Å². The molecule has 1 N–H and O–H groups in total. The van der Waals surface area contributed by atoms with Crippen LogP contribution in [0.3, 0.4) is 0 Å². The number of rotatable bonds is 7. The molecule has 2 unspecified atom stereocenters. The number of nitrogens with zero attached hydrogens (tertiary/aromatic N) is 2. The minimum atomic E-state index is -4.09. The molecule has 2 aliphatic heterocycles. The molecule has 2 aliphatic rings. The number of amides is 2. The van der Waals surface area contributed by atoms with Crippen molar-refractivity contribution in [2.75, 3.05) is 18.6 Å². The molecule has 168 valence electrons. The van der Waals surface area contributed by atoms with E-state index in [1.54, 1.807) is 0 Å². The van der Waals surface area contributed by atoms with Gasteiger partial charge in [0.15, 0.2) is 0 Å². The van der Waals surface area contributed by atoms with Gasteiger partial charge in [0.25, 0.3) is 15.8 Å². The summed E-state index contributed by atoms with van der Waals surface area (Å²) in [6.07, 6.45) is 0.785. The lowest BCUT2D eigenvalue weighted by Crippen LogP contribution is -2.75. The van der Waals surface area contributed by atoms with E-state index in [2.05, 4.69) is 5.32 Å². The summed E-state index contributed by atoms with van der Waals surface area (Å²) in [5.41, 5.74) is -1.64. The van der Waals surface area contributed by atoms with Crippen LogP contribution in [0.5, 0.6) is 0 Å². The Bertz CT molecular complexity index is 1030. The summed E-state index contributed by atoms with van der Waals surface area (Å²) in [5.74, 6) is -1.95. The molecule has 31 heavy (non-hydrogen) atoms. The van der Waals surface area contributed by atoms with Gasteiger partial charge in [0, 0.05) is 24.8 Å². The number of hydrogen-bond donors (Lipinski definition) is 1. The number of nitro benzene ring substituents is 1. The summed E-state index contributed by atoms with van der Waals surface area (Å²) in [5, 5.41) is 12.8. The molecule has 0 bridgehead atoms. The Morgan fingerprint density at radius 1 is 1.35 bits per heavy atom. The van der Waals surface area contributed by atoms with Crippen LogP contribution in [-0.4, -0.2) is 71.6 Å². The largest absolute Gasteiger partial charge is 0.459 e. The van der Waals surface area contributed by atoms with Crippen LogP contribution in [0, 0.1) is 10.1 Å². The number of esters is 1. The highest BCUT2D eigenvalue weighted by atomic mass is 32.2. The first-order valence-corrected chi connectivity index (χ1v) is 11.8. The zero-order valence-electron chi connectivity index (χ0n) is 16.5. The Labute approximate surface area is 181 Å². The first-order chi connectivity index (χ1) is 14.4. The Hall–Kier alpha value is -2.71. The van der Waals surface area contributed by atoms with Gasteiger partial charge in [0.05, 0.1) is 17.7 Å². The Balaban J connectivity index is 1.73. The predicted octanol–water partition coefficient (Wildman–Crippen LogP) is -0.227. The minimum Gasteiger partial charge on any atom is -0.459 e. The van der Waals surface area contributed by atoms with Crippen molar-refractivity contribution in [3.63, 3.8) is 0 Å². The van der Waals surface area contributed by atoms with Gasteiger partial charge in [-0.1, -0.05) is 0 Å². The van der Waals surface area contributed by atoms with E-state index < -0.39 is 43.9 Å². The lowest BCUT2D eigenvalue weighted by atomic mass is 9.99. The molecule has 2 heterocycles. The number of hydrogen-bond acceptors (Lipinski definition) is 10. The summed E-state index contributed by atoms with van der Waals surface area (Å²) >= 11 is 1.09. The standard InChI is InChI=1S/C17H19N3O9S2/c1-10(21)18-13-14(22)19-8-17(9-30-15(13)19,29-31(2,26)27)16(23)28-7-11-3-5-12(6-4-11)20(24)25/h3-6,13,15H,7-9H2,1-2H3,(H,18,21)/t13?,15-,17?/m1/s1. The van der Waals surface area contributed by atoms with Crippen molar-refractivity contribution in [3.8, 4) is 0 Å². The number of nitro groups is 1. The van der Waals surface area contributed by atoms with Crippen LogP contribution in [0.4, 0.5) is 5.69 Å².